The quantitative estimate of drug-likeness (QED) is 0.638. The van der Waals surface area contributed by atoms with Crippen molar-refractivity contribution in [2.75, 3.05) is 12.0 Å². The van der Waals surface area contributed by atoms with E-state index in [0.717, 1.165) is 5.00 Å². The van der Waals surface area contributed by atoms with Crippen molar-refractivity contribution >= 4 is 60.8 Å². The maximum absolute atomic E-state index is 5.85. The van der Waals surface area contributed by atoms with Crippen LogP contribution in [0.15, 0.2) is 23.1 Å². The standard InChI is InChI=1S/C9H8INS2/c1-12-5-2-3-7-6(4-5)8(10)9(11)13-7/h2-4H,11H2,1H3. The number of fused-ring (bicyclic) bond motifs is 1. The van der Waals surface area contributed by atoms with E-state index >= 15 is 0 Å². The second kappa shape index (κ2) is 3.67. The fraction of sp³-hybridized carbons (Fsp3) is 0.111. The zero-order valence-corrected chi connectivity index (χ0v) is 10.8. The minimum absolute atomic E-state index is 0.925. The molecule has 0 radical (unpaired) electrons. The van der Waals surface area contributed by atoms with Crippen molar-refractivity contribution < 1.29 is 0 Å². The van der Waals surface area contributed by atoms with Crippen LogP contribution in [0.5, 0.6) is 0 Å². The number of nitrogen functional groups attached to an aromatic ring is 1. The molecule has 1 aromatic carbocycles. The van der Waals surface area contributed by atoms with Crippen LogP contribution in [-0.2, 0) is 0 Å². The van der Waals surface area contributed by atoms with Gasteiger partial charge in [-0.3, -0.25) is 0 Å². The molecule has 2 rings (SSSR count). The summed E-state index contributed by atoms with van der Waals surface area (Å²) in [6.07, 6.45) is 2.09. The number of halogens is 1. The average Bonchev–Trinajstić information content (AvgIpc) is 2.43. The molecule has 0 bridgehead atoms. The molecule has 2 aromatic rings. The summed E-state index contributed by atoms with van der Waals surface area (Å²) < 4.78 is 2.47. The second-order valence-electron chi connectivity index (χ2n) is 2.64. The molecule has 0 aliphatic heterocycles. The van der Waals surface area contributed by atoms with Crippen molar-refractivity contribution in [2.45, 2.75) is 4.90 Å². The van der Waals surface area contributed by atoms with Crippen LogP contribution in [0.3, 0.4) is 0 Å². The summed E-state index contributed by atoms with van der Waals surface area (Å²) in [7, 11) is 0. The lowest BCUT2D eigenvalue weighted by Gasteiger charge is -1.95. The van der Waals surface area contributed by atoms with Crippen molar-refractivity contribution in [3.8, 4) is 0 Å². The summed E-state index contributed by atoms with van der Waals surface area (Å²) in [6.45, 7) is 0. The third kappa shape index (κ3) is 1.67. The molecule has 0 saturated carbocycles. The monoisotopic (exact) mass is 321 g/mol. The van der Waals surface area contributed by atoms with Crippen LogP contribution in [0, 0.1) is 3.57 Å². The van der Waals surface area contributed by atoms with Gasteiger partial charge in [0.05, 0.1) is 3.57 Å². The van der Waals surface area contributed by atoms with Gasteiger partial charge in [-0.25, -0.2) is 0 Å². The molecule has 0 unspecified atom stereocenters. The molecule has 1 aromatic heterocycles. The van der Waals surface area contributed by atoms with Crippen LogP contribution in [-0.4, -0.2) is 6.26 Å². The third-order valence-electron chi connectivity index (χ3n) is 1.86. The molecule has 0 spiro atoms. The van der Waals surface area contributed by atoms with E-state index in [-0.39, 0.29) is 0 Å². The highest BCUT2D eigenvalue weighted by Crippen LogP contribution is 2.36. The van der Waals surface area contributed by atoms with Crippen LogP contribution in [0.2, 0.25) is 0 Å². The van der Waals surface area contributed by atoms with Gasteiger partial charge in [-0.1, -0.05) is 0 Å². The Labute approximate surface area is 98.8 Å². The van der Waals surface area contributed by atoms with Gasteiger partial charge in [0.25, 0.3) is 0 Å². The van der Waals surface area contributed by atoms with Gasteiger partial charge in [0.2, 0.25) is 0 Å². The Bertz CT molecular complexity index is 450. The molecule has 4 heteroatoms. The summed E-state index contributed by atoms with van der Waals surface area (Å²) in [6, 6.07) is 6.48. The van der Waals surface area contributed by atoms with Gasteiger partial charge in [-0.2, -0.15) is 0 Å². The van der Waals surface area contributed by atoms with Gasteiger partial charge in [0, 0.05) is 15.0 Å². The van der Waals surface area contributed by atoms with Crippen molar-refractivity contribution in [3.05, 3.63) is 21.8 Å². The van der Waals surface area contributed by atoms with Crippen LogP contribution >= 0.6 is 45.7 Å². The molecule has 2 N–H and O–H groups in total. The Morgan fingerprint density at radius 3 is 2.92 bits per heavy atom. The summed E-state index contributed by atoms with van der Waals surface area (Å²) in [5.41, 5.74) is 5.85. The Hall–Kier alpha value is 0.0600. The van der Waals surface area contributed by atoms with Crippen molar-refractivity contribution in [3.63, 3.8) is 0 Å². The highest BCUT2D eigenvalue weighted by atomic mass is 127. The van der Waals surface area contributed by atoms with E-state index in [1.807, 2.05) is 0 Å². The van der Waals surface area contributed by atoms with Crippen LogP contribution in [0.4, 0.5) is 5.00 Å². The van der Waals surface area contributed by atoms with Crippen LogP contribution in [0.25, 0.3) is 10.1 Å². The summed E-state index contributed by atoms with van der Waals surface area (Å²) >= 11 is 5.73. The molecule has 0 saturated heterocycles. The van der Waals surface area contributed by atoms with Gasteiger partial charge < -0.3 is 5.73 Å². The molecule has 0 aliphatic carbocycles. The number of benzene rings is 1. The van der Waals surface area contributed by atoms with Crippen molar-refractivity contribution in [2.24, 2.45) is 0 Å². The first kappa shape index (κ1) is 9.61. The first-order chi connectivity index (χ1) is 6.22. The zero-order chi connectivity index (χ0) is 9.42. The van der Waals surface area contributed by atoms with Crippen LogP contribution in [0.1, 0.15) is 0 Å². The Balaban J connectivity index is 2.75. The SMILES string of the molecule is CSc1ccc2sc(N)c(I)c2c1. The Morgan fingerprint density at radius 1 is 1.46 bits per heavy atom. The van der Waals surface area contributed by atoms with Gasteiger partial charge in [0.1, 0.15) is 5.00 Å². The lowest BCUT2D eigenvalue weighted by Crippen LogP contribution is -1.80. The minimum atomic E-state index is 0.925. The zero-order valence-electron chi connectivity index (χ0n) is 7.00. The van der Waals surface area contributed by atoms with E-state index < -0.39 is 0 Å². The molecule has 68 valence electrons. The number of rotatable bonds is 1. The number of hydrogen-bond donors (Lipinski definition) is 1. The highest BCUT2D eigenvalue weighted by Gasteiger charge is 2.06. The molecular formula is C9H8INS2. The molecule has 0 atom stereocenters. The van der Waals surface area contributed by atoms with E-state index in [4.69, 9.17) is 5.73 Å². The van der Waals surface area contributed by atoms with Gasteiger partial charge in [-0.15, -0.1) is 23.1 Å². The number of anilines is 1. The fourth-order valence-corrected chi connectivity index (χ4v) is 3.44. The van der Waals surface area contributed by atoms with Gasteiger partial charge >= 0.3 is 0 Å². The summed E-state index contributed by atoms with van der Waals surface area (Å²) in [5, 5.41) is 2.21. The maximum atomic E-state index is 5.85. The normalized spacial score (nSPS) is 10.9. The van der Waals surface area contributed by atoms with E-state index in [2.05, 4.69) is 47.0 Å². The first-order valence-electron chi connectivity index (χ1n) is 3.74. The van der Waals surface area contributed by atoms with E-state index in [1.165, 1.54) is 18.6 Å². The Kier molecular flexibility index (Phi) is 2.71. The maximum Gasteiger partial charge on any atom is 0.100 e. The minimum Gasteiger partial charge on any atom is -0.390 e. The Morgan fingerprint density at radius 2 is 2.23 bits per heavy atom. The average molecular weight is 321 g/mol. The molecule has 13 heavy (non-hydrogen) atoms. The predicted octanol–water partition coefficient (Wildman–Crippen LogP) is 3.81. The number of hydrogen-bond acceptors (Lipinski definition) is 3. The topological polar surface area (TPSA) is 26.0 Å². The summed E-state index contributed by atoms with van der Waals surface area (Å²) in [4.78, 5) is 1.29. The molecular weight excluding hydrogens is 313 g/mol. The highest BCUT2D eigenvalue weighted by molar-refractivity contribution is 14.1. The molecule has 1 heterocycles. The molecule has 0 fully saturated rings. The smallest absolute Gasteiger partial charge is 0.100 e. The van der Waals surface area contributed by atoms with Crippen molar-refractivity contribution in [1.82, 2.24) is 0 Å². The predicted molar refractivity (Wildman–Crippen MR) is 70.7 cm³/mol. The molecule has 0 aliphatic rings. The fourth-order valence-electron chi connectivity index (χ4n) is 1.19. The number of thioether (sulfide) groups is 1. The lowest BCUT2D eigenvalue weighted by molar-refractivity contribution is 1.52. The van der Waals surface area contributed by atoms with E-state index in [0.29, 0.717) is 0 Å². The van der Waals surface area contributed by atoms with Gasteiger partial charge in [0.15, 0.2) is 0 Å². The van der Waals surface area contributed by atoms with E-state index in [1.54, 1.807) is 23.1 Å². The largest absolute Gasteiger partial charge is 0.390 e. The molecule has 0 amide bonds. The van der Waals surface area contributed by atoms with Crippen molar-refractivity contribution in [1.29, 1.82) is 0 Å². The first-order valence-corrected chi connectivity index (χ1v) is 6.86. The second-order valence-corrected chi connectivity index (χ2v) is 5.68. The van der Waals surface area contributed by atoms with Gasteiger partial charge in [-0.05, 0) is 47.0 Å². The summed E-state index contributed by atoms with van der Waals surface area (Å²) in [5.74, 6) is 0. The number of nitrogens with two attached hydrogens (primary N) is 1. The van der Waals surface area contributed by atoms with E-state index in [9.17, 15) is 0 Å². The third-order valence-corrected chi connectivity index (χ3v) is 5.11. The van der Waals surface area contributed by atoms with Crippen LogP contribution < -0.4 is 5.73 Å². The lowest BCUT2D eigenvalue weighted by atomic mass is 10.3. The number of thiophene rings is 1. The molecule has 1 nitrogen and oxygen atoms in total.